The first kappa shape index (κ1) is 18.4. The highest BCUT2D eigenvalue weighted by molar-refractivity contribution is 7.99. The van der Waals surface area contributed by atoms with Gasteiger partial charge < -0.3 is 15.2 Å². The Bertz CT molecular complexity index is 975. The van der Waals surface area contributed by atoms with Gasteiger partial charge in [0.1, 0.15) is 5.75 Å². The molecular weight excluding hydrogens is 370 g/mol. The van der Waals surface area contributed by atoms with Gasteiger partial charge in [0.15, 0.2) is 0 Å². The van der Waals surface area contributed by atoms with E-state index in [0.717, 1.165) is 11.8 Å². The van der Waals surface area contributed by atoms with Crippen LogP contribution < -0.4 is 10.1 Å². The molecule has 0 aliphatic rings. The summed E-state index contributed by atoms with van der Waals surface area (Å²) in [6.45, 7) is 0. The number of aromatic nitrogens is 4. The van der Waals surface area contributed by atoms with Gasteiger partial charge in [0.25, 0.3) is 0 Å². The quantitative estimate of drug-likeness (QED) is 0.594. The highest BCUT2D eigenvalue weighted by Crippen LogP contribution is 2.21. The first-order chi connectivity index (χ1) is 13.1. The number of nitrogens with one attached hydrogen (secondary N) is 1. The number of carbonyl (C=O) groups is 2. The van der Waals surface area contributed by atoms with Gasteiger partial charge in [-0.3, -0.25) is 4.79 Å². The lowest BCUT2D eigenvalue weighted by atomic mass is 10.2. The Hall–Kier alpha value is -3.40. The number of carbonyl (C=O) groups excluding carboxylic acids is 1. The number of aromatic carboxylic acids is 1. The second-order valence-electron chi connectivity index (χ2n) is 5.30. The number of thioether (sulfide) groups is 1. The van der Waals surface area contributed by atoms with Gasteiger partial charge in [-0.15, -0.1) is 5.10 Å². The van der Waals surface area contributed by atoms with Crippen LogP contribution in [0.2, 0.25) is 0 Å². The van der Waals surface area contributed by atoms with Crippen molar-refractivity contribution in [3.8, 4) is 11.4 Å². The van der Waals surface area contributed by atoms with Crippen molar-refractivity contribution >= 4 is 29.3 Å². The first-order valence-electron chi connectivity index (χ1n) is 7.75. The Labute approximate surface area is 158 Å². The summed E-state index contributed by atoms with van der Waals surface area (Å²) >= 11 is 1.16. The maximum absolute atomic E-state index is 12.2. The van der Waals surface area contributed by atoms with Crippen molar-refractivity contribution in [1.29, 1.82) is 0 Å². The molecule has 2 N–H and O–H groups in total. The van der Waals surface area contributed by atoms with Gasteiger partial charge in [0.2, 0.25) is 11.1 Å². The standard InChI is InChI=1S/C17H15N5O4S/c1-26-14-7-3-6-13(9-14)22-17(19-20-21-22)27-10-15(23)18-12-5-2-4-11(8-12)16(24)25/h2-9H,10H2,1H3,(H,18,23)(H,24,25). The van der Waals surface area contributed by atoms with Gasteiger partial charge in [-0.05, 0) is 40.8 Å². The van der Waals surface area contributed by atoms with Gasteiger partial charge in [-0.25, -0.2) is 4.79 Å². The fourth-order valence-corrected chi connectivity index (χ4v) is 2.92. The number of hydrogen-bond donors (Lipinski definition) is 2. The van der Waals surface area contributed by atoms with E-state index in [2.05, 4.69) is 20.8 Å². The molecule has 0 spiro atoms. The first-order valence-corrected chi connectivity index (χ1v) is 8.74. The summed E-state index contributed by atoms with van der Waals surface area (Å²) in [7, 11) is 1.57. The zero-order valence-corrected chi connectivity index (χ0v) is 15.0. The Kier molecular flexibility index (Phi) is 5.67. The number of carboxylic acids is 1. The number of nitrogens with zero attached hydrogens (tertiary/aromatic N) is 4. The summed E-state index contributed by atoms with van der Waals surface area (Å²) in [4.78, 5) is 23.1. The Balaban J connectivity index is 1.65. The molecule has 0 fully saturated rings. The van der Waals surface area contributed by atoms with E-state index >= 15 is 0 Å². The number of amides is 1. The molecule has 3 aromatic rings. The molecule has 138 valence electrons. The number of methoxy groups -OCH3 is 1. The minimum atomic E-state index is -1.06. The average molecular weight is 385 g/mol. The molecule has 3 rings (SSSR count). The summed E-state index contributed by atoms with van der Waals surface area (Å²) in [6.07, 6.45) is 0. The van der Waals surface area contributed by atoms with Crippen molar-refractivity contribution in [2.45, 2.75) is 5.16 Å². The van der Waals surface area contributed by atoms with Crippen LogP contribution in [0.1, 0.15) is 10.4 Å². The molecule has 1 heterocycles. The molecule has 27 heavy (non-hydrogen) atoms. The largest absolute Gasteiger partial charge is 0.497 e. The number of ether oxygens (including phenoxy) is 1. The van der Waals surface area contributed by atoms with E-state index in [0.29, 0.717) is 22.3 Å². The van der Waals surface area contributed by atoms with Gasteiger partial charge in [0.05, 0.1) is 24.1 Å². The van der Waals surface area contributed by atoms with Crippen molar-refractivity contribution in [2.24, 2.45) is 0 Å². The predicted molar refractivity (Wildman–Crippen MR) is 98.5 cm³/mol. The van der Waals surface area contributed by atoms with Crippen LogP contribution in [0.3, 0.4) is 0 Å². The molecule has 0 unspecified atom stereocenters. The molecule has 1 amide bonds. The van der Waals surface area contributed by atoms with Gasteiger partial charge in [-0.2, -0.15) is 4.68 Å². The lowest BCUT2D eigenvalue weighted by molar-refractivity contribution is -0.113. The molecule has 0 radical (unpaired) electrons. The second kappa shape index (κ2) is 8.32. The lowest BCUT2D eigenvalue weighted by Gasteiger charge is -2.07. The highest BCUT2D eigenvalue weighted by Gasteiger charge is 2.13. The molecule has 0 saturated heterocycles. The number of benzene rings is 2. The minimum Gasteiger partial charge on any atom is -0.497 e. The van der Waals surface area contributed by atoms with E-state index in [1.807, 2.05) is 12.1 Å². The fourth-order valence-electron chi connectivity index (χ4n) is 2.23. The van der Waals surface area contributed by atoms with Crippen LogP contribution in [0.25, 0.3) is 5.69 Å². The van der Waals surface area contributed by atoms with E-state index in [1.165, 1.54) is 16.8 Å². The predicted octanol–water partition coefficient (Wildman–Crippen LogP) is 2.10. The summed E-state index contributed by atoms with van der Waals surface area (Å²) in [5.74, 6) is -0.641. The van der Waals surface area contributed by atoms with Crippen molar-refractivity contribution in [3.63, 3.8) is 0 Å². The van der Waals surface area contributed by atoms with Gasteiger partial charge in [0, 0.05) is 11.8 Å². The van der Waals surface area contributed by atoms with Crippen LogP contribution in [0, 0.1) is 0 Å². The third kappa shape index (κ3) is 4.61. The third-order valence-corrected chi connectivity index (χ3v) is 4.38. The molecule has 0 atom stereocenters. The molecule has 0 bridgehead atoms. The minimum absolute atomic E-state index is 0.0572. The maximum atomic E-state index is 12.2. The van der Waals surface area contributed by atoms with Crippen molar-refractivity contribution in [2.75, 3.05) is 18.2 Å². The Morgan fingerprint density at radius 2 is 2.04 bits per heavy atom. The third-order valence-electron chi connectivity index (χ3n) is 3.46. The molecule has 10 heteroatoms. The number of carboxylic acid groups (broad SMARTS) is 1. The van der Waals surface area contributed by atoms with E-state index in [1.54, 1.807) is 31.4 Å². The van der Waals surface area contributed by atoms with Crippen LogP contribution in [0.4, 0.5) is 5.69 Å². The van der Waals surface area contributed by atoms with Gasteiger partial charge >= 0.3 is 5.97 Å². The number of hydrogen-bond acceptors (Lipinski definition) is 7. The van der Waals surface area contributed by atoms with Crippen LogP contribution in [0.5, 0.6) is 5.75 Å². The maximum Gasteiger partial charge on any atom is 0.335 e. The number of tetrazole rings is 1. The number of rotatable bonds is 7. The normalized spacial score (nSPS) is 10.4. The van der Waals surface area contributed by atoms with E-state index < -0.39 is 5.97 Å². The topological polar surface area (TPSA) is 119 Å². The average Bonchev–Trinajstić information content (AvgIpc) is 3.15. The monoisotopic (exact) mass is 385 g/mol. The van der Waals surface area contributed by atoms with Crippen LogP contribution >= 0.6 is 11.8 Å². The van der Waals surface area contributed by atoms with Crippen molar-refractivity contribution in [3.05, 3.63) is 54.1 Å². The lowest BCUT2D eigenvalue weighted by Crippen LogP contribution is -2.15. The van der Waals surface area contributed by atoms with Crippen LogP contribution in [-0.2, 0) is 4.79 Å². The molecule has 2 aromatic carbocycles. The fraction of sp³-hybridized carbons (Fsp3) is 0.118. The number of anilines is 1. The van der Waals surface area contributed by atoms with E-state index in [-0.39, 0.29) is 17.2 Å². The molecule has 1 aromatic heterocycles. The Morgan fingerprint density at radius 3 is 2.81 bits per heavy atom. The van der Waals surface area contributed by atoms with E-state index in [9.17, 15) is 9.59 Å². The summed E-state index contributed by atoms with van der Waals surface area (Å²) in [5, 5.41) is 23.6. The summed E-state index contributed by atoms with van der Waals surface area (Å²) in [5.41, 5.74) is 1.21. The van der Waals surface area contributed by atoms with E-state index in [4.69, 9.17) is 9.84 Å². The second-order valence-corrected chi connectivity index (χ2v) is 6.24. The molecule has 0 saturated carbocycles. The Morgan fingerprint density at radius 1 is 1.22 bits per heavy atom. The van der Waals surface area contributed by atoms with Crippen LogP contribution in [0.15, 0.2) is 53.7 Å². The summed E-state index contributed by atoms with van der Waals surface area (Å²) in [6, 6.07) is 13.2. The van der Waals surface area contributed by atoms with Crippen molar-refractivity contribution in [1.82, 2.24) is 20.2 Å². The molecular formula is C17H15N5O4S. The molecule has 9 nitrogen and oxygen atoms in total. The zero-order chi connectivity index (χ0) is 19.2. The SMILES string of the molecule is COc1cccc(-n2nnnc2SCC(=O)Nc2cccc(C(=O)O)c2)c1. The van der Waals surface area contributed by atoms with Crippen LogP contribution in [-0.4, -0.2) is 50.1 Å². The zero-order valence-electron chi connectivity index (χ0n) is 14.2. The highest BCUT2D eigenvalue weighted by atomic mass is 32.2. The molecule has 0 aliphatic carbocycles. The van der Waals surface area contributed by atoms with Crippen molar-refractivity contribution < 1.29 is 19.4 Å². The smallest absolute Gasteiger partial charge is 0.335 e. The molecule has 0 aliphatic heterocycles. The van der Waals surface area contributed by atoms with Gasteiger partial charge in [-0.1, -0.05) is 23.9 Å². The summed E-state index contributed by atoms with van der Waals surface area (Å²) < 4.78 is 6.69.